The van der Waals surface area contributed by atoms with Gasteiger partial charge >= 0.3 is 5.97 Å². The number of halogens is 2. The quantitative estimate of drug-likeness (QED) is 0.894. The number of carbonyl (C=O) groups excluding carboxylic acids is 1. The maximum atomic E-state index is 13.5. The van der Waals surface area contributed by atoms with Gasteiger partial charge in [0, 0.05) is 6.54 Å². The van der Waals surface area contributed by atoms with Crippen molar-refractivity contribution in [2.24, 2.45) is 5.92 Å². The van der Waals surface area contributed by atoms with Crippen molar-refractivity contribution in [3.05, 3.63) is 34.1 Å². The Kier molecular flexibility index (Phi) is 4.62. The Hall–Kier alpha value is -1.43. The largest absolute Gasteiger partial charge is 0.481 e. The first-order valence-electron chi connectivity index (χ1n) is 4.88. The zero-order valence-electron chi connectivity index (χ0n) is 9.04. The number of carboxylic acid groups (broad SMARTS) is 1. The van der Waals surface area contributed by atoms with Gasteiger partial charge in [-0.15, -0.1) is 0 Å². The van der Waals surface area contributed by atoms with Gasteiger partial charge < -0.3 is 10.4 Å². The smallest absolute Gasteiger partial charge is 0.308 e. The number of amides is 1. The van der Waals surface area contributed by atoms with Gasteiger partial charge in [-0.1, -0.05) is 13.0 Å². The first kappa shape index (κ1) is 13.6. The molecule has 1 amide bonds. The van der Waals surface area contributed by atoms with Crippen LogP contribution < -0.4 is 5.32 Å². The summed E-state index contributed by atoms with van der Waals surface area (Å²) in [5, 5.41) is 11.0. The Morgan fingerprint density at radius 2 is 2.18 bits per heavy atom. The molecule has 0 heterocycles. The van der Waals surface area contributed by atoms with E-state index in [-0.39, 0.29) is 16.6 Å². The lowest BCUT2D eigenvalue weighted by Gasteiger charge is -2.09. The predicted molar refractivity (Wildman–Crippen MR) is 63.2 cm³/mol. The van der Waals surface area contributed by atoms with E-state index in [9.17, 15) is 14.0 Å². The highest BCUT2D eigenvalue weighted by molar-refractivity contribution is 9.10. The van der Waals surface area contributed by atoms with E-state index in [0.29, 0.717) is 0 Å². The van der Waals surface area contributed by atoms with Crippen molar-refractivity contribution in [3.8, 4) is 0 Å². The maximum Gasteiger partial charge on any atom is 0.308 e. The summed E-state index contributed by atoms with van der Waals surface area (Å²) < 4.78 is 13.7. The van der Waals surface area contributed by atoms with Crippen molar-refractivity contribution < 1.29 is 19.1 Å². The van der Waals surface area contributed by atoms with Crippen LogP contribution in [0.15, 0.2) is 22.7 Å². The Bertz CT molecular complexity index is 450. The van der Waals surface area contributed by atoms with Gasteiger partial charge in [-0.3, -0.25) is 9.59 Å². The molecule has 6 heteroatoms. The zero-order chi connectivity index (χ0) is 13.0. The van der Waals surface area contributed by atoms with Crippen molar-refractivity contribution in [1.29, 1.82) is 0 Å². The third kappa shape index (κ3) is 3.52. The van der Waals surface area contributed by atoms with Gasteiger partial charge in [0.1, 0.15) is 5.82 Å². The predicted octanol–water partition coefficient (Wildman–Crippen LogP) is 2.04. The Labute approximate surface area is 106 Å². The van der Waals surface area contributed by atoms with Crippen LogP contribution in [0.2, 0.25) is 0 Å². The molecule has 1 unspecified atom stereocenters. The highest BCUT2D eigenvalue weighted by Crippen LogP contribution is 2.18. The van der Waals surface area contributed by atoms with Crippen molar-refractivity contribution in [1.82, 2.24) is 5.32 Å². The van der Waals surface area contributed by atoms with Crippen molar-refractivity contribution in [2.75, 3.05) is 6.54 Å². The molecule has 1 aromatic rings. The summed E-state index contributed by atoms with van der Waals surface area (Å²) >= 11 is 2.97. The molecule has 17 heavy (non-hydrogen) atoms. The molecule has 92 valence electrons. The molecule has 0 aromatic heterocycles. The van der Waals surface area contributed by atoms with E-state index in [1.165, 1.54) is 25.1 Å². The summed E-state index contributed by atoms with van der Waals surface area (Å²) in [5.41, 5.74) is -0.114. The number of hydrogen-bond acceptors (Lipinski definition) is 2. The second-order valence-corrected chi connectivity index (χ2v) is 4.41. The summed E-state index contributed by atoms with van der Waals surface area (Å²) in [7, 11) is 0. The molecule has 0 spiro atoms. The highest BCUT2D eigenvalue weighted by Gasteiger charge is 2.16. The molecule has 0 fully saturated rings. The van der Waals surface area contributed by atoms with E-state index in [1.807, 2.05) is 0 Å². The second kappa shape index (κ2) is 5.77. The van der Waals surface area contributed by atoms with Gasteiger partial charge in [0.2, 0.25) is 0 Å². The summed E-state index contributed by atoms with van der Waals surface area (Å²) in [6.07, 6.45) is 0. The highest BCUT2D eigenvalue weighted by atomic mass is 79.9. The molecular formula is C11H11BrFNO3. The molecular weight excluding hydrogens is 293 g/mol. The average molecular weight is 304 g/mol. The lowest BCUT2D eigenvalue weighted by atomic mass is 10.1. The molecule has 0 radical (unpaired) electrons. The molecule has 1 atom stereocenters. The maximum absolute atomic E-state index is 13.5. The second-order valence-electron chi connectivity index (χ2n) is 3.55. The van der Waals surface area contributed by atoms with Crippen LogP contribution in [-0.4, -0.2) is 23.5 Å². The number of carbonyl (C=O) groups is 2. The molecule has 0 saturated carbocycles. The van der Waals surface area contributed by atoms with Crippen LogP contribution in [0.4, 0.5) is 4.39 Å². The third-order valence-electron chi connectivity index (χ3n) is 2.19. The van der Waals surface area contributed by atoms with E-state index in [4.69, 9.17) is 5.11 Å². The normalized spacial score (nSPS) is 11.9. The van der Waals surface area contributed by atoms with Crippen LogP contribution in [0.25, 0.3) is 0 Å². The third-order valence-corrected chi connectivity index (χ3v) is 2.80. The van der Waals surface area contributed by atoms with Gasteiger partial charge in [-0.05, 0) is 28.1 Å². The fraction of sp³-hybridized carbons (Fsp3) is 0.273. The lowest BCUT2D eigenvalue weighted by Crippen LogP contribution is -2.32. The van der Waals surface area contributed by atoms with Crippen LogP contribution >= 0.6 is 15.9 Å². The molecule has 0 saturated heterocycles. The van der Waals surface area contributed by atoms with Crippen molar-refractivity contribution in [3.63, 3.8) is 0 Å². The number of nitrogens with one attached hydrogen (secondary N) is 1. The van der Waals surface area contributed by atoms with Gasteiger partial charge in [-0.2, -0.15) is 0 Å². The minimum atomic E-state index is -1.01. The summed E-state index contributed by atoms with van der Waals surface area (Å²) in [4.78, 5) is 22.1. The Balaban J connectivity index is 2.71. The molecule has 0 aliphatic rings. The molecule has 1 rings (SSSR count). The molecule has 4 nitrogen and oxygen atoms in total. The molecule has 1 aromatic carbocycles. The van der Waals surface area contributed by atoms with Crippen LogP contribution in [0.1, 0.15) is 17.3 Å². The number of aliphatic carboxylic acids is 1. The van der Waals surface area contributed by atoms with E-state index in [0.717, 1.165) is 0 Å². The first-order chi connectivity index (χ1) is 7.93. The van der Waals surface area contributed by atoms with Crippen LogP contribution in [0, 0.1) is 11.7 Å². The van der Waals surface area contributed by atoms with Crippen molar-refractivity contribution in [2.45, 2.75) is 6.92 Å². The number of carboxylic acids is 1. The SMILES string of the molecule is CC(CNC(=O)c1cccc(Br)c1F)C(=O)O. The van der Waals surface area contributed by atoms with Crippen LogP contribution in [0.3, 0.4) is 0 Å². The van der Waals surface area contributed by atoms with E-state index >= 15 is 0 Å². The Morgan fingerprint density at radius 1 is 1.53 bits per heavy atom. The number of hydrogen-bond donors (Lipinski definition) is 2. The lowest BCUT2D eigenvalue weighted by molar-refractivity contribution is -0.140. The van der Waals surface area contributed by atoms with Gasteiger partial charge in [0.15, 0.2) is 0 Å². The number of benzene rings is 1. The summed E-state index contributed by atoms with van der Waals surface area (Å²) in [6, 6.07) is 4.34. The minimum Gasteiger partial charge on any atom is -0.481 e. The zero-order valence-corrected chi connectivity index (χ0v) is 10.6. The molecule has 0 aliphatic carbocycles. The molecule has 2 N–H and O–H groups in total. The average Bonchev–Trinajstić information content (AvgIpc) is 2.29. The Morgan fingerprint density at radius 3 is 2.76 bits per heavy atom. The minimum absolute atomic E-state index is 0.0415. The fourth-order valence-electron chi connectivity index (χ4n) is 1.11. The van der Waals surface area contributed by atoms with E-state index in [2.05, 4.69) is 21.2 Å². The molecule has 0 aliphatic heterocycles. The van der Waals surface area contributed by atoms with Crippen molar-refractivity contribution >= 4 is 27.8 Å². The van der Waals surface area contributed by atoms with Crippen LogP contribution in [0.5, 0.6) is 0 Å². The summed E-state index contributed by atoms with van der Waals surface area (Å²) in [6.45, 7) is 1.42. The van der Waals surface area contributed by atoms with E-state index in [1.54, 1.807) is 0 Å². The number of rotatable bonds is 4. The fourth-order valence-corrected chi connectivity index (χ4v) is 1.47. The molecule has 0 bridgehead atoms. The van der Waals surface area contributed by atoms with Gasteiger partial charge in [0.05, 0.1) is 16.0 Å². The topological polar surface area (TPSA) is 66.4 Å². The van der Waals surface area contributed by atoms with Gasteiger partial charge in [0.25, 0.3) is 5.91 Å². The van der Waals surface area contributed by atoms with Crippen LogP contribution in [-0.2, 0) is 4.79 Å². The van der Waals surface area contributed by atoms with Gasteiger partial charge in [-0.25, -0.2) is 4.39 Å². The first-order valence-corrected chi connectivity index (χ1v) is 5.67. The standard InChI is InChI=1S/C11H11BrFNO3/c1-6(11(16)17)5-14-10(15)7-3-2-4-8(12)9(7)13/h2-4,6H,5H2,1H3,(H,14,15)(H,16,17). The summed E-state index contributed by atoms with van der Waals surface area (Å²) in [5.74, 6) is -3.01. The van der Waals surface area contributed by atoms with E-state index < -0.39 is 23.6 Å². The monoisotopic (exact) mass is 303 g/mol.